The van der Waals surface area contributed by atoms with E-state index in [-0.39, 0.29) is 4.91 Å². The number of halogens is 1. The molecule has 1 unspecified atom stereocenters. The fraction of sp³-hybridized carbons (Fsp3) is 0.167. The van der Waals surface area contributed by atoms with E-state index in [9.17, 15) is 14.1 Å². The quantitative estimate of drug-likeness (QED) is 0.823. The summed E-state index contributed by atoms with van der Waals surface area (Å²) in [6.07, 6.45) is -0.240. The monoisotopic (exact) mass is 361 g/mol. The number of benzene rings is 2. The zero-order chi connectivity index (χ0) is 17.1. The SMILES string of the molecule is O=C(N[C@@H]1c2ccccc2C[C@@H]1O)/C(=C/Cl)S(=O)c1ccccc1. The van der Waals surface area contributed by atoms with E-state index in [2.05, 4.69) is 5.32 Å². The van der Waals surface area contributed by atoms with Gasteiger partial charge in [0.15, 0.2) is 0 Å². The van der Waals surface area contributed by atoms with Crippen molar-refractivity contribution in [2.45, 2.75) is 23.5 Å². The largest absolute Gasteiger partial charge is 0.390 e. The van der Waals surface area contributed by atoms with Gasteiger partial charge < -0.3 is 10.4 Å². The van der Waals surface area contributed by atoms with Gasteiger partial charge in [0.1, 0.15) is 4.91 Å². The Labute approximate surface area is 147 Å². The van der Waals surface area contributed by atoms with Gasteiger partial charge in [-0.05, 0) is 23.3 Å². The Hall–Kier alpha value is -1.95. The second kappa shape index (κ2) is 7.30. The van der Waals surface area contributed by atoms with Gasteiger partial charge in [-0.15, -0.1) is 0 Å². The highest BCUT2D eigenvalue weighted by Gasteiger charge is 2.33. The Morgan fingerprint density at radius 3 is 2.54 bits per heavy atom. The molecule has 0 heterocycles. The molecule has 0 saturated heterocycles. The maximum Gasteiger partial charge on any atom is 0.262 e. The fourth-order valence-electron chi connectivity index (χ4n) is 2.81. The van der Waals surface area contributed by atoms with Crippen LogP contribution in [0.25, 0.3) is 0 Å². The van der Waals surface area contributed by atoms with Crippen molar-refractivity contribution in [3.8, 4) is 0 Å². The van der Waals surface area contributed by atoms with E-state index in [0.29, 0.717) is 11.3 Å². The predicted molar refractivity (Wildman–Crippen MR) is 93.8 cm³/mol. The highest BCUT2D eigenvalue weighted by molar-refractivity contribution is 7.90. The number of carbonyl (C=O) groups excluding carboxylic acids is 1. The van der Waals surface area contributed by atoms with Crippen LogP contribution in [-0.2, 0) is 22.0 Å². The summed E-state index contributed by atoms with van der Waals surface area (Å²) in [5.74, 6) is -0.548. The molecule has 0 saturated carbocycles. The lowest BCUT2D eigenvalue weighted by atomic mass is 10.1. The van der Waals surface area contributed by atoms with E-state index in [4.69, 9.17) is 11.6 Å². The number of nitrogens with one attached hydrogen (secondary N) is 1. The standard InChI is InChI=1S/C18H16ClNO3S/c19-11-16(24(23)13-7-2-1-3-8-13)18(22)20-17-14-9-5-4-6-12(14)10-15(17)21/h1-9,11,15,17,21H,10H2,(H,20,22)/b16-11-/t15-,17+,24?/m0/s1. The molecule has 2 aromatic rings. The first-order valence-electron chi connectivity index (χ1n) is 7.45. The fourth-order valence-corrected chi connectivity index (χ4v) is 4.11. The highest BCUT2D eigenvalue weighted by Crippen LogP contribution is 2.31. The molecule has 0 aliphatic heterocycles. The zero-order valence-electron chi connectivity index (χ0n) is 12.7. The van der Waals surface area contributed by atoms with Gasteiger partial charge in [0, 0.05) is 16.9 Å². The number of aliphatic hydroxyl groups excluding tert-OH is 1. The number of rotatable bonds is 4. The Morgan fingerprint density at radius 1 is 1.17 bits per heavy atom. The molecule has 0 bridgehead atoms. The predicted octanol–water partition coefficient (Wildman–Crippen LogP) is 2.65. The first kappa shape index (κ1) is 16.9. The average molecular weight is 362 g/mol. The Bertz CT molecular complexity index is 807. The highest BCUT2D eigenvalue weighted by atomic mass is 35.5. The molecular formula is C18H16ClNO3S. The lowest BCUT2D eigenvalue weighted by Crippen LogP contribution is -2.35. The Kier molecular flexibility index (Phi) is 5.14. The van der Waals surface area contributed by atoms with Gasteiger partial charge in [0.2, 0.25) is 0 Å². The molecule has 6 heteroatoms. The van der Waals surface area contributed by atoms with Crippen molar-refractivity contribution >= 4 is 28.3 Å². The number of hydrogen-bond donors (Lipinski definition) is 2. The van der Waals surface area contributed by atoms with Crippen molar-refractivity contribution in [2.24, 2.45) is 0 Å². The summed E-state index contributed by atoms with van der Waals surface area (Å²) >= 11 is 5.75. The van der Waals surface area contributed by atoms with Crippen LogP contribution in [0, 0.1) is 0 Å². The van der Waals surface area contributed by atoms with E-state index >= 15 is 0 Å². The third-order valence-corrected chi connectivity index (χ3v) is 5.72. The summed E-state index contributed by atoms with van der Waals surface area (Å²) < 4.78 is 12.6. The van der Waals surface area contributed by atoms with Crippen molar-refractivity contribution in [1.29, 1.82) is 0 Å². The van der Waals surface area contributed by atoms with Gasteiger partial charge in [-0.1, -0.05) is 54.1 Å². The van der Waals surface area contributed by atoms with Gasteiger partial charge in [0.25, 0.3) is 5.91 Å². The van der Waals surface area contributed by atoms with Gasteiger partial charge in [-0.25, -0.2) is 4.21 Å². The molecule has 1 aliphatic rings. The first-order valence-corrected chi connectivity index (χ1v) is 9.04. The topological polar surface area (TPSA) is 66.4 Å². The summed E-state index contributed by atoms with van der Waals surface area (Å²) in [6, 6.07) is 15.6. The summed E-state index contributed by atoms with van der Waals surface area (Å²) in [5.41, 5.74) is 2.90. The number of aliphatic hydroxyl groups is 1. The molecule has 0 spiro atoms. The van der Waals surface area contributed by atoms with Gasteiger partial charge in [0.05, 0.1) is 22.9 Å². The molecule has 0 radical (unpaired) electrons. The number of amides is 1. The van der Waals surface area contributed by atoms with Gasteiger partial charge in [-0.2, -0.15) is 0 Å². The molecule has 124 valence electrons. The molecular weight excluding hydrogens is 346 g/mol. The van der Waals surface area contributed by atoms with E-state index in [0.717, 1.165) is 16.7 Å². The summed E-state index contributed by atoms with van der Waals surface area (Å²) in [5, 5.41) is 13.0. The molecule has 4 nitrogen and oxygen atoms in total. The number of fused-ring (bicyclic) bond motifs is 1. The lowest BCUT2D eigenvalue weighted by molar-refractivity contribution is -0.118. The first-order chi connectivity index (χ1) is 11.6. The van der Waals surface area contributed by atoms with Crippen LogP contribution in [-0.4, -0.2) is 21.3 Å². The maximum atomic E-state index is 12.6. The van der Waals surface area contributed by atoms with Crippen LogP contribution in [0.5, 0.6) is 0 Å². The third kappa shape index (κ3) is 3.29. The second-order valence-corrected chi connectivity index (χ2v) is 7.14. The minimum Gasteiger partial charge on any atom is -0.390 e. The molecule has 1 amide bonds. The van der Waals surface area contributed by atoms with Crippen LogP contribution in [0.2, 0.25) is 0 Å². The van der Waals surface area contributed by atoms with E-state index in [1.807, 2.05) is 24.3 Å². The molecule has 1 aliphatic carbocycles. The minimum absolute atomic E-state index is 0.0422. The van der Waals surface area contributed by atoms with E-state index in [1.165, 1.54) is 0 Å². The zero-order valence-corrected chi connectivity index (χ0v) is 14.3. The van der Waals surface area contributed by atoms with Crippen LogP contribution in [0.1, 0.15) is 17.2 Å². The van der Waals surface area contributed by atoms with Gasteiger partial charge >= 0.3 is 0 Å². The third-order valence-electron chi connectivity index (χ3n) is 3.97. The molecule has 2 N–H and O–H groups in total. The van der Waals surface area contributed by atoms with Crippen LogP contribution in [0.4, 0.5) is 0 Å². The minimum atomic E-state index is -1.68. The molecule has 2 aromatic carbocycles. The number of hydrogen-bond acceptors (Lipinski definition) is 3. The van der Waals surface area contributed by atoms with Crippen molar-refractivity contribution in [1.82, 2.24) is 5.32 Å². The molecule has 0 fully saturated rings. The lowest BCUT2D eigenvalue weighted by Gasteiger charge is -2.18. The summed E-state index contributed by atoms with van der Waals surface area (Å²) in [4.78, 5) is 13.0. The maximum absolute atomic E-state index is 12.6. The molecule has 0 aromatic heterocycles. The van der Waals surface area contributed by atoms with Crippen molar-refractivity contribution in [3.63, 3.8) is 0 Å². The summed E-state index contributed by atoms with van der Waals surface area (Å²) in [6.45, 7) is 0. The van der Waals surface area contributed by atoms with Crippen LogP contribution < -0.4 is 5.32 Å². The van der Waals surface area contributed by atoms with Crippen molar-refractivity contribution in [2.75, 3.05) is 0 Å². The van der Waals surface area contributed by atoms with Crippen molar-refractivity contribution < 1.29 is 14.1 Å². The molecule has 3 atom stereocenters. The second-order valence-electron chi connectivity index (χ2n) is 5.48. The van der Waals surface area contributed by atoms with Crippen molar-refractivity contribution in [3.05, 3.63) is 76.2 Å². The smallest absolute Gasteiger partial charge is 0.262 e. The number of carbonyl (C=O) groups is 1. The van der Waals surface area contributed by atoms with E-state index < -0.39 is 28.9 Å². The normalized spacial score (nSPS) is 21.2. The Morgan fingerprint density at radius 2 is 1.83 bits per heavy atom. The van der Waals surface area contributed by atoms with Gasteiger partial charge in [-0.3, -0.25) is 4.79 Å². The van der Waals surface area contributed by atoms with Crippen LogP contribution >= 0.6 is 11.6 Å². The Balaban J connectivity index is 1.80. The summed E-state index contributed by atoms with van der Waals surface area (Å²) in [7, 11) is -1.68. The van der Waals surface area contributed by atoms with Crippen LogP contribution in [0.3, 0.4) is 0 Å². The van der Waals surface area contributed by atoms with E-state index in [1.54, 1.807) is 30.3 Å². The van der Waals surface area contributed by atoms with Crippen LogP contribution in [0.15, 0.2) is 69.9 Å². The molecule has 3 rings (SSSR count). The average Bonchev–Trinajstić information content (AvgIpc) is 2.92. The molecule has 24 heavy (non-hydrogen) atoms.